The van der Waals surface area contributed by atoms with Crippen LogP contribution in [0.15, 0.2) is 61.1 Å². The molecular weight excluding hydrogens is 489 g/mol. The van der Waals surface area contributed by atoms with Gasteiger partial charge in [0.15, 0.2) is 6.17 Å². The lowest BCUT2D eigenvalue weighted by Gasteiger charge is -2.34. The van der Waals surface area contributed by atoms with Gasteiger partial charge in [0.1, 0.15) is 30.3 Å². The van der Waals surface area contributed by atoms with Crippen molar-refractivity contribution < 1.29 is 23.8 Å². The molecule has 1 saturated carbocycles. The lowest BCUT2D eigenvalue weighted by Crippen LogP contribution is -2.50. The molecule has 194 valence electrons. The van der Waals surface area contributed by atoms with Gasteiger partial charge in [-0.25, -0.2) is 9.37 Å². The van der Waals surface area contributed by atoms with E-state index in [9.17, 15) is 19.2 Å². The topological polar surface area (TPSA) is 128 Å². The fraction of sp³-hybridized carbons (Fsp3) is 0.321. The Bertz CT molecular complexity index is 1380. The number of aliphatic hydroxyl groups excluding tert-OH is 1. The first-order valence-electron chi connectivity index (χ1n) is 12.4. The van der Waals surface area contributed by atoms with Gasteiger partial charge in [-0.15, -0.1) is 0 Å². The predicted molar refractivity (Wildman–Crippen MR) is 136 cm³/mol. The molecular formula is C28H26FN5O4. The number of benzene rings is 1. The Morgan fingerprint density at radius 1 is 1.21 bits per heavy atom. The number of anilines is 1. The van der Waals surface area contributed by atoms with E-state index in [0.29, 0.717) is 11.4 Å². The number of halogens is 1. The zero-order chi connectivity index (χ0) is 26.6. The van der Waals surface area contributed by atoms with Crippen molar-refractivity contribution in [3.05, 3.63) is 72.2 Å². The van der Waals surface area contributed by atoms with E-state index in [0.717, 1.165) is 17.5 Å². The summed E-state index contributed by atoms with van der Waals surface area (Å²) in [5.74, 6) is 0.0726. The van der Waals surface area contributed by atoms with E-state index >= 15 is 0 Å². The van der Waals surface area contributed by atoms with E-state index in [1.165, 1.54) is 4.90 Å². The number of alkyl halides is 1. The Balaban J connectivity index is 1.25. The van der Waals surface area contributed by atoms with E-state index in [4.69, 9.17) is 9.84 Å². The van der Waals surface area contributed by atoms with Crippen LogP contribution in [-0.4, -0.2) is 63.8 Å². The number of likely N-dealkylation sites (tertiary alicyclic amines) is 1. The molecule has 0 spiro atoms. The van der Waals surface area contributed by atoms with Gasteiger partial charge in [0, 0.05) is 37.5 Å². The summed E-state index contributed by atoms with van der Waals surface area (Å²) in [6, 6.07) is 14.5. The first kappa shape index (κ1) is 25.3. The maximum absolute atomic E-state index is 14.7. The van der Waals surface area contributed by atoms with Gasteiger partial charge in [-0.1, -0.05) is 12.1 Å². The number of nitriles is 1. The molecule has 2 fully saturated rings. The fourth-order valence-electron chi connectivity index (χ4n) is 4.75. The van der Waals surface area contributed by atoms with Gasteiger partial charge in [0.25, 0.3) is 0 Å². The largest absolute Gasteiger partial charge is 0.486 e. The number of carbonyl (C=O) groups excluding carboxylic acids is 2. The summed E-state index contributed by atoms with van der Waals surface area (Å²) in [6.07, 6.45) is 3.83. The monoisotopic (exact) mass is 515 g/mol. The van der Waals surface area contributed by atoms with Gasteiger partial charge in [0.05, 0.1) is 12.1 Å². The van der Waals surface area contributed by atoms with Crippen molar-refractivity contribution in [2.24, 2.45) is 5.92 Å². The number of aromatic nitrogens is 2. The van der Waals surface area contributed by atoms with Gasteiger partial charge in [-0.05, 0) is 59.4 Å². The average molecular weight is 516 g/mol. The standard InChI is InChI=1S/C28H26FN5O4/c29-23-15-34(27(36)16-35)9-6-25(23)38-24-4-3-17(10-20(24)13-30)18-5-8-32-26(11-18)33-28(37)22-12-21(22)19-2-1-7-31-14-19/h1-5,7-8,10-11,14,21-23,25,35H,6,9,12,15-16H2,(H,32,33,37)/t21-,22+,23-,25+/m1/s1. The van der Waals surface area contributed by atoms with Gasteiger partial charge in [-0.3, -0.25) is 14.6 Å². The molecule has 10 heteroatoms. The van der Waals surface area contributed by atoms with E-state index in [1.807, 2.05) is 12.1 Å². The molecule has 1 saturated heterocycles. The minimum atomic E-state index is -1.44. The number of piperidine rings is 1. The third kappa shape index (κ3) is 5.48. The summed E-state index contributed by atoms with van der Waals surface area (Å²) in [5.41, 5.74) is 2.75. The zero-order valence-electron chi connectivity index (χ0n) is 20.5. The first-order valence-corrected chi connectivity index (χ1v) is 12.4. The highest BCUT2D eigenvalue weighted by Crippen LogP contribution is 2.47. The van der Waals surface area contributed by atoms with Gasteiger partial charge >= 0.3 is 0 Å². The fourth-order valence-corrected chi connectivity index (χ4v) is 4.75. The second kappa shape index (κ2) is 10.9. The van der Waals surface area contributed by atoms with Crippen LogP contribution >= 0.6 is 0 Å². The molecule has 5 rings (SSSR count). The minimum Gasteiger partial charge on any atom is -0.486 e. The van der Waals surface area contributed by atoms with E-state index < -0.39 is 24.8 Å². The highest BCUT2D eigenvalue weighted by molar-refractivity contribution is 5.95. The van der Waals surface area contributed by atoms with Crippen LogP contribution in [0.1, 0.15) is 29.9 Å². The van der Waals surface area contributed by atoms with Crippen LogP contribution in [-0.2, 0) is 9.59 Å². The summed E-state index contributed by atoms with van der Waals surface area (Å²) >= 11 is 0. The van der Waals surface area contributed by atoms with E-state index in [2.05, 4.69) is 21.4 Å². The minimum absolute atomic E-state index is 0.0996. The van der Waals surface area contributed by atoms with E-state index in [1.54, 1.807) is 48.9 Å². The number of ether oxygens (including phenoxy) is 1. The zero-order valence-corrected chi connectivity index (χ0v) is 20.5. The highest BCUT2D eigenvalue weighted by atomic mass is 19.1. The Labute approximate surface area is 218 Å². The van der Waals surface area contributed by atoms with Crippen LogP contribution in [0.4, 0.5) is 10.2 Å². The summed E-state index contributed by atoms with van der Waals surface area (Å²) in [4.78, 5) is 34.0. The molecule has 9 nitrogen and oxygen atoms in total. The number of hydrogen-bond donors (Lipinski definition) is 2. The molecule has 2 N–H and O–H groups in total. The van der Waals surface area contributed by atoms with Crippen molar-refractivity contribution in [2.45, 2.75) is 31.0 Å². The summed E-state index contributed by atoms with van der Waals surface area (Å²) in [7, 11) is 0. The number of rotatable bonds is 7. The molecule has 4 atom stereocenters. The lowest BCUT2D eigenvalue weighted by molar-refractivity contribution is -0.138. The molecule has 3 heterocycles. The van der Waals surface area contributed by atoms with Crippen molar-refractivity contribution in [3.63, 3.8) is 0 Å². The molecule has 1 aliphatic heterocycles. The Morgan fingerprint density at radius 2 is 2.05 bits per heavy atom. The number of aliphatic hydroxyl groups is 1. The molecule has 2 aromatic heterocycles. The SMILES string of the molecule is N#Cc1cc(-c2ccnc(NC(=O)[C@H]3C[C@@H]3c3cccnc3)c2)ccc1O[C@H]1CCN(C(=O)CO)C[C@H]1F. The number of nitrogens with one attached hydrogen (secondary N) is 1. The maximum atomic E-state index is 14.7. The number of pyridine rings is 2. The Morgan fingerprint density at radius 3 is 2.79 bits per heavy atom. The normalized spacial score (nSPS) is 22.3. The molecule has 0 bridgehead atoms. The van der Waals surface area contributed by atoms with Crippen LogP contribution in [0.3, 0.4) is 0 Å². The number of amides is 2. The third-order valence-corrected chi connectivity index (χ3v) is 6.93. The van der Waals surface area contributed by atoms with Crippen molar-refractivity contribution in [1.82, 2.24) is 14.9 Å². The molecule has 0 radical (unpaired) electrons. The molecule has 1 aliphatic carbocycles. The van der Waals surface area contributed by atoms with Crippen molar-refractivity contribution >= 4 is 17.6 Å². The summed E-state index contributed by atoms with van der Waals surface area (Å²) in [5, 5.41) is 21.6. The van der Waals surface area contributed by atoms with Crippen LogP contribution in [0.2, 0.25) is 0 Å². The summed E-state index contributed by atoms with van der Waals surface area (Å²) in [6.45, 7) is -0.565. The molecule has 0 unspecified atom stereocenters. The van der Waals surface area contributed by atoms with Crippen LogP contribution in [0.5, 0.6) is 5.75 Å². The van der Waals surface area contributed by atoms with Gasteiger partial charge in [0.2, 0.25) is 11.8 Å². The van der Waals surface area contributed by atoms with Crippen molar-refractivity contribution in [1.29, 1.82) is 5.26 Å². The average Bonchev–Trinajstić information content (AvgIpc) is 3.76. The number of carbonyl (C=O) groups is 2. The predicted octanol–water partition coefficient (Wildman–Crippen LogP) is 3.07. The van der Waals surface area contributed by atoms with Crippen LogP contribution in [0, 0.1) is 17.2 Å². The van der Waals surface area contributed by atoms with Crippen molar-refractivity contribution in [3.8, 4) is 22.9 Å². The Hall–Kier alpha value is -4.36. The van der Waals surface area contributed by atoms with E-state index in [-0.39, 0.29) is 48.6 Å². The highest BCUT2D eigenvalue weighted by Gasteiger charge is 2.44. The number of hydrogen-bond acceptors (Lipinski definition) is 7. The second-order valence-corrected chi connectivity index (χ2v) is 9.44. The molecule has 1 aromatic carbocycles. The molecule has 2 aliphatic rings. The summed E-state index contributed by atoms with van der Waals surface area (Å²) < 4.78 is 20.5. The Kier molecular flexibility index (Phi) is 7.29. The maximum Gasteiger partial charge on any atom is 0.248 e. The van der Waals surface area contributed by atoms with Crippen LogP contribution in [0.25, 0.3) is 11.1 Å². The number of nitrogens with zero attached hydrogens (tertiary/aromatic N) is 4. The molecule has 38 heavy (non-hydrogen) atoms. The van der Waals surface area contributed by atoms with Crippen molar-refractivity contribution in [2.75, 3.05) is 25.0 Å². The lowest BCUT2D eigenvalue weighted by atomic mass is 10.0. The van der Waals surface area contributed by atoms with Gasteiger partial charge in [-0.2, -0.15) is 5.26 Å². The molecule has 3 aromatic rings. The van der Waals surface area contributed by atoms with Crippen LogP contribution < -0.4 is 10.1 Å². The smallest absolute Gasteiger partial charge is 0.248 e. The second-order valence-electron chi connectivity index (χ2n) is 9.44. The third-order valence-electron chi connectivity index (χ3n) is 6.93. The first-order chi connectivity index (χ1) is 18.5. The quantitative estimate of drug-likeness (QED) is 0.495. The van der Waals surface area contributed by atoms with Gasteiger partial charge < -0.3 is 20.1 Å². The molecule has 2 amide bonds.